The summed E-state index contributed by atoms with van der Waals surface area (Å²) in [7, 11) is -3.66. The molecule has 1 aliphatic heterocycles. The molecule has 160 valence electrons. The van der Waals surface area contributed by atoms with Crippen molar-refractivity contribution in [3.05, 3.63) is 63.7 Å². The van der Waals surface area contributed by atoms with Crippen LogP contribution in [0.3, 0.4) is 0 Å². The quantitative estimate of drug-likeness (QED) is 0.555. The van der Waals surface area contributed by atoms with Crippen LogP contribution in [0.4, 0.5) is 11.4 Å². The second kappa shape index (κ2) is 9.36. The molecule has 0 aliphatic carbocycles. The number of nitro groups is 1. The molecule has 0 atom stereocenters. The van der Waals surface area contributed by atoms with Crippen LogP contribution in [0, 0.1) is 17.0 Å². The van der Waals surface area contributed by atoms with Gasteiger partial charge in [0.15, 0.2) is 0 Å². The first-order chi connectivity index (χ1) is 14.3. The zero-order valence-electron chi connectivity index (χ0n) is 16.8. The van der Waals surface area contributed by atoms with Crippen molar-refractivity contribution in [3.63, 3.8) is 0 Å². The maximum absolute atomic E-state index is 13.1. The Hall–Kier alpha value is -2.78. The van der Waals surface area contributed by atoms with Crippen LogP contribution in [0.15, 0.2) is 47.4 Å². The van der Waals surface area contributed by atoms with Crippen molar-refractivity contribution in [3.8, 4) is 0 Å². The molecule has 1 heterocycles. The molecule has 1 fully saturated rings. The van der Waals surface area contributed by atoms with Gasteiger partial charge >= 0.3 is 0 Å². The van der Waals surface area contributed by atoms with Gasteiger partial charge in [-0.15, -0.1) is 0 Å². The van der Waals surface area contributed by atoms with Crippen molar-refractivity contribution in [2.45, 2.75) is 43.9 Å². The van der Waals surface area contributed by atoms with Crippen molar-refractivity contribution in [2.24, 2.45) is 0 Å². The van der Waals surface area contributed by atoms with E-state index in [4.69, 9.17) is 0 Å². The molecule has 30 heavy (non-hydrogen) atoms. The second-order valence-electron chi connectivity index (χ2n) is 7.41. The molecule has 1 amide bonds. The van der Waals surface area contributed by atoms with E-state index in [9.17, 15) is 23.3 Å². The van der Waals surface area contributed by atoms with Gasteiger partial charge in [-0.25, -0.2) is 8.42 Å². The van der Waals surface area contributed by atoms with Crippen LogP contribution < -0.4 is 5.32 Å². The van der Waals surface area contributed by atoms with E-state index in [2.05, 4.69) is 5.32 Å². The molecule has 0 spiro atoms. The lowest BCUT2D eigenvalue weighted by molar-refractivity contribution is -0.385. The van der Waals surface area contributed by atoms with Crippen LogP contribution in [-0.2, 0) is 21.2 Å². The van der Waals surface area contributed by atoms with Crippen LogP contribution in [0.1, 0.15) is 36.8 Å². The molecule has 0 radical (unpaired) electrons. The Balaban J connectivity index is 1.80. The summed E-state index contributed by atoms with van der Waals surface area (Å²) in [6, 6.07) is 10.8. The minimum absolute atomic E-state index is 0.124. The van der Waals surface area contributed by atoms with E-state index in [1.165, 1.54) is 22.5 Å². The van der Waals surface area contributed by atoms with Crippen LogP contribution in [0.5, 0.6) is 0 Å². The summed E-state index contributed by atoms with van der Waals surface area (Å²) in [5.41, 5.74) is 1.12. The molecular weight excluding hydrogens is 406 g/mol. The first-order valence-corrected chi connectivity index (χ1v) is 11.4. The van der Waals surface area contributed by atoms with Crippen LogP contribution in [0.2, 0.25) is 0 Å². The number of benzene rings is 2. The molecular formula is C21H25N3O5S. The van der Waals surface area contributed by atoms with Gasteiger partial charge in [-0.3, -0.25) is 14.9 Å². The number of aryl methyl sites for hydroxylation is 1. The summed E-state index contributed by atoms with van der Waals surface area (Å²) in [4.78, 5) is 23.2. The number of sulfonamides is 1. The van der Waals surface area contributed by atoms with Gasteiger partial charge in [0.25, 0.3) is 5.69 Å². The minimum atomic E-state index is -3.66. The van der Waals surface area contributed by atoms with Gasteiger partial charge in [-0.1, -0.05) is 37.1 Å². The number of para-hydroxylation sites is 1. The molecule has 0 saturated carbocycles. The van der Waals surface area contributed by atoms with Crippen molar-refractivity contribution in [1.29, 1.82) is 0 Å². The summed E-state index contributed by atoms with van der Waals surface area (Å²) in [5, 5.41) is 13.8. The first-order valence-electron chi connectivity index (χ1n) is 9.92. The third-order valence-corrected chi connectivity index (χ3v) is 7.23. The first kappa shape index (κ1) is 21.9. The van der Waals surface area contributed by atoms with Gasteiger partial charge in [0.1, 0.15) is 0 Å². The van der Waals surface area contributed by atoms with Crippen LogP contribution in [-0.4, -0.2) is 36.6 Å². The summed E-state index contributed by atoms with van der Waals surface area (Å²) < 4.78 is 27.8. The Labute approximate surface area is 176 Å². The number of rotatable bonds is 6. The van der Waals surface area contributed by atoms with E-state index < -0.39 is 20.9 Å². The highest BCUT2D eigenvalue weighted by Gasteiger charge is 2.27. The summed E-state index contributed by atoms with van der Waals surface area (Å²) in [5.74, 6) is -0.453. The standard InChI is InChI=1S/C21H25N3O5S/c1-16-10-11-18(15-20(16)30(28,29)23-12-6-2-3-7-13-23)22-21(25)14-17-8-4-5-9-19(17)24(26)27/h4-5,8-11,15H,2-3,6-7,12-14H2,1H3,(H,22,25). The molecule has 9 heteroatoms. The third kappa shape index (κ3) is 5.03. The number of hydrogen-bond acceptors (Lipinski definition) is 5. The molecule has 0 aromatic heterocycles. The number of nitrogens with one attached hydrogen (secondary N) is 1. The second-order valence-corrected chi connectivity index (χ2v) is 9.32. The van der Waals surface area contributed by atoms with E-state index in [0.29, 0.717) is 29.9 Å². The minimum Gasteiger partial charge on any atom is -0.326 e. The van der Waals surface area contributed by atoms with E-state index in [-0.39, 0.29) is 17.0 Å². The Kier molecular flexibility index (Phi) is 6.84. The number of nitro benzene ring substituents is 1. The van der Waals surface area contributed by atoms with E-state index >= 15 is 0 Å². The number of carbonyl (C=O) groups excluding carboxylic acids is 1. The molecule has 0 unspecified atom stereocenters. The molecule has 8 nitrogen and oxygen atoms in total. The summed E-state index contributed by atoms with van der Waals surface area (Å²) >= 11 is 0. The average molecular weight is 432 g/mol. The fourth-order valence-corrected chi connectivity index (χ4v) is 5.36. The average Bonchev–Trinajstić information content (AvgIpc) is 2.99. The maximum atomic E-state index is 13.1. The Morgan fingerprint density at radius 3 is 2.43 bits per heavy atom. The molecule has 1 saturated heterocycles. The highest BCUT2D eigenvalue weighted by Crippen LogP contribution is 2.26. The number of nitrogens with zero attached hydrogens (tertiary/aromatic N) is 2. The van der Waals surface area contributed by atoms with E-state index in [0.717, 1.165) is 25.7 Å². The van der Waals surface area contributed by atoms with Gasteiger partial charge in [0, 0.05) is 30.4 Å². The lowest BCUT2D eigenvalue weighted by Gasteiger charge is -2.21. The number of amides is 1. The predicted molar refractivity (Wildman–Crippen MR) is 114 cm³/mol. The normalized spacial score (nSPS) is 15.4. The molecule has 1 N–H and O–H groups in total. The SMILES string of the molecule is Cc1ccc(NC(=O)Cc2ccccc2[N+](=O)[O-])cc1S(=O)(=O)N1CCCCCC1. The van der Waals surface area contributed by atoms with Gasteiger partial charge in [-0.05, 0) is 37.5 Å². The van der Waals surface area contributed by atoms with Gasteiger partial charge in [0.05, 0.1) is 16.2 Å². The largest absolute Gasteiger partial charge is 0.326 e. The van der Waals surface area contributed by atoms with Gasteiger partial charge in [0.2, 0.25) is 15.9 Å². The smallest absolute Gasteiger partial charge is 0.273 e. The molecule has 0 bridgehead atoms. The fraction of sp³-hybridized carbons (Fsp3) is 0.381. The zero-order chi connectivity index (χ0) is 21.7. The highest BCUT2D eigenvalue weighted by atomic mass is 32.2. The van der Waals surface area contributed by atoms with Gasteiger partial charge in [-0.2, -0.15) is 4.31 Å². The molecule has 3 rings (SSSR count). The lowest BCUT2D eigenvalue weighted by atomic mass is 10.1. The molecule has 1 aliphatic rings. The monoisotopic (exact) mass is 431 g/mol. The number of carbonyl (C=O) groups is 1. The van der Waals surface area contributed by atoms with E-state index in [1.807, 2.05) is 0 Å². The Morgan fingerprint density at radius 1 is 1.10 bits per heavy atom. The zero-order valence-corrected chi connectivity index (χ0v) is 17.7. The topological polar surface area (TPSA) is 110 Å². The van der Waals surface area contributed by atoms with Crippen molar-refractivity contribution in [1.82, 2.24) is 4.31 Å². The summed E-state index contributed by atoms with van der Waals surface area (Å²) in [6.45, 7) is 2.72. The van der Waals surface area contributed by atoms with Crippen molar-refractivity contribution in [2.75, 3.05) is 18.4 Å². The lowest BCUT2D eigenvalue weighted by Crippen LogP contribution is -2.32. The highest BCUT2D eigenvalue weighted by molar-refractivity contribution is 7.89. The molecule has 2 aromatic rings. The Bertz CT molecular complexity index is 1040. The fourth-order valence-electron chi connectivity index (χ4n) is 3.59. The third-order valence-electron chi connectivity index (χ3n) is 5.19. The summed E-state index contributed by atoms with van der Waals surface area (Å²) in [6.07, 6.45) is 3.54. The van der Waals surface area contributed by atoms with E-state index in [1.54, 1.807) is 31.2 Å². The maximum Gasteiger partial charge on any atom is 0.273 e. The van der Waals surface area contributed by atoms with Crippen molar-refractivity contribution < 1.29 is 18.1 Å². The van der Waals surface area contributed by atoms with Crippen LogP contribution in [0.25, 0.3) is 0 Å². The predicted octanol–water partition coefficient (Wildman–Crippen LogP) is 3.65. The van der Waals surface area contributed by atoms with Crippen molar-refractivity contribution >= 4 is 27.3 Å². The molecule has 2 aromatic carbocycles. The number of hydrogen-bond donors (Lipinski definition) is 1. The van der Waals surface area contributed by atoms with Crippen LogP contribution >= 0.6 is 0 Å². The van der Waals surface area contributed by atoms with Gasteiger partial charge < -0.3 is 5.32 Å². The Morgan fingerprint density at radius 2 is 1.77 bits per heavy atom. The number of anilines is 1.